The summed E-state index contributed by atoms with van der Waals surface area (Å²) < 4.78 is 1.49. The molecule has 2 fully saturated rings. The van der Waals surface area contributed by atoms with Gasteiger partial charge >= 0.3 is 0 Å². The number of halogens is 1. The molecule has 0 aromatic carbocycles. The van der Waals surface area contributed by atoms with Gasteiger partial charge < -0.3 is 21.5 Å². The summed E-state index contributed by atoms with van der Waals surface area (Å²) >= 11 is 0. The highest BCUT2D eigenvalue weighted by Crippen LogP contribution is 2.30. The van der Waals surface area contributed by atoms with Gasteiger partial charge in [0.05, 0.1) is 25.7 Å². The number of hydrogen-bond acceptors (Lipinski definition) is 0. The van der Waals surface area contributed by atoms with Gasteiger partial charge in [0, 0.05) is 12.8 Å². The van der Waals surface area contributed by atoms with Gasteiger partial charge in [0.15, 0.2) is 0 Å². The van der Waals surface area contributed by atoms with Crippen molar-refractivity contribution >= 4 is 0 Å². The van der Waals surface area contributed by atoms with Crippen molar-refractivity contribution in [2.75, 3.05) is 19.6 Å². The second-order valence-electron chi connectivity index (χ2n) is 4.79. The summed E-state index contributed by atoms with van der Waals surface area (Å²) in [4.78, 5) is 0. The zero-order valence-corrected chi connectivity index (χ0v) is 10.4. The molecule has 1 atom stereocenters. The molecule has 78 valence electrons. The van der Waals surface area contributed by atoms with Crippen molar-refractivity contribution in [3.8, 4) is 0 Å². The highest BCUT2D eigenvalue weighted by molar-refractivity contribution is 4.65. The summed E-state index contributed by atoms with van der Waals surface area (Å²) in [6.45, 7) is 6.94. The van der Waals surface area contributed by atoms with Gasteiger partial charge in [0.2, 0.25) is 0 Å². The lowest BCUT2D eigenvalue weighted by molar-refractivity contribution is -0.937. The van der Waals surface area contributed by atoms with Gasteiger partial charge in [-0.15, -0.1) is 0 Å². The average molecular weight is 248 g/mol. The standard InChI is InChI=1S/C11H22N.BrH/c1-11-7-3-2-4-8-12(11)9-5-6-10-12;/h11H,2-10H2,1H3;1H/q+1;/p-1. The van der Waals surface area contributed by atoms with Crippen LogP contribution in [0.4, 0.5) is 0 Å². The Morgan fingerprint density at radius 3 is 2.00 bits per heavy atom. The Morgan fingerprint density at radius 2 is 1.38 bits per heavy atom. The maximum atomic E-state index is 2.48. The predicted octanol–water partition coefficient (Wildman–Crippen LogP) is -0.436. The van der Waals surface area contributed by atoms with Gasteiger partial charge in [-0.3, -0.25) is 0 Å². The van der Waals surface area contributed by atoms with E-state index in [1.165, 1.54) is 62.6 Å². The molecule has 0 saturated carbocycles. The lowest BCUT2D eigenvalue weighted by Crippen LogP contribution is -3.00. The van der Waals surface area contributed by atoms with Gasteiger partial charge in [0.25, 0.3) is 0 Å². The molecule has 2 heteroatoms. The van der Waals surface area contributed by atoms with Crippen LogP contribution in [0, 0.1) is 0 Å². The number of rotatable bonds is 0. The van der Waals surface area contributed by atoms with Crippen molar-refractivity contribution in [3.05, 3.63) is 0 Å². The molecule has 13 heavy (non-hydrogen) atoms. The normalized spacial score (nSPS) is 32.5. The molecule has 0 amide bonds. The minimum absolute atomic E-state index is 0. The Morgan fingerprint density at radius 1 is 0.846 bits per heavy atom. The minimum atomic E-state index is 0. The van der Waals surface area contributed by atoms with E-state index in [0.29, 0.717) is 0 Å². The molecule has 0 radical (unpaired) electrons. The lowest BCUT2D eigenvalue weighted by Gasteiger charge is -2.38. The first-order valence-corrected chi connectivity index (χ1v) is 5.69. The Kier molecular flexibility index (Phi) is 4.24. The van der Waals surface area contributed by atoms with E-state index in [9.17, 15) is 0 Å². The third kappa shape index (κ3) is 2.27. The molecule has 2 rings (SSSR count). The van der Waals surface area contributed by atoms with Crippen molar-refractivity contribution in [2.24, 2.45) is 0 Å². The summed E-state index contributed by atoms with van der Waals surface area (Å²) in [6, 6.07) is 0.968. The van der Waals surface area contributed by atoms with Crippen LogP contribution >= 0.6 is 0 Å². The molecule has 1 nitrogen and oxygen atoms in total. The summed E-state index contributed by atoms with van der Waals surface area (Å²) in [5, 5.41) is 0. The maximum absolute atomic E-state index is 2.48. The van der Waals surface area contributed by atoms with Crippen LogP contribution in [0.25, 0.3) is 0 Å². The molecule has 1 spiro atoms. The molecule has 2 aliphatic rings. The average Bonchev–Trinajstić information content (AvgIpc) is 2.45. The van der Waals surface area contributed by atoms with Crippen LogP contribution in [0.15, 0.2) is 0 Å². The third-order valence-electron chi connectivity index (χ3n) is 4.12. The highest BCUT2D eigenvalue weighted by Gasteiger charge is 2.37. The van der Waals surface area contributed by atoms with Crippen molar-refractivity contribution in [1.82, 2.24) is 0 Å². The van der Waals surface area contributed by atoms with Crippen molar-refractivity contribution in [3.63, 3.8) is 0 Å². The fraction of sp³-hybridized carbons (Fsp3) is 1.00. The predicted molar refractivity (Wildman–Crippen MR) is 52.0 cm³/mol. The summed E-state index contributed by atoms with van der Waals surface area (Å²) in [7, 11) is 0. The van der Waals surface area contributed by atoms with E-state index in [-0.39, 0.29) is 17.0 Å². The van der Waals surface area contributed by atoms with Gasteiger partial charge in [0.1, 0.15) is 0 Å². The monoisotopic (exact) mass is 247 g/mol. The molecular formula is C11H22BrN. The largest absolute Gasteiger partial charge is 1.00 e. The van der Waals surface area contributed by atoms with Crippen LogP contribution in [0.2, 0.25) is 0 Å². The SMILES string of the molecule is CC1CCCCC[N+]12CCCC2.[Br-]. The Labute approximate surface area is 92.9 Å². The fourth-order valence-corrected chi connectivity index (χ4v) is 3.17. The third-order valence-corrected chi connectivity index (χ3v) is 4.12. The molecule has 0 aromatic heterocycles. The van der Waals surface area contributed by atoms with Crippen LogP contribution in [-0.4, -0.2) is 30.2 Å². The van der Waals surface area contributed by atoms with Gasteiger partial charge in [-0.1, -0.05) is 0 Å². The second-order valence-corrected chi connectivity index (χ2v) is 4.79. The van der Waals surface area contributed by atoms with E-state index >= 15 is 0 Å². The van der Waals surface area contributed by atoms with E-state index in [1.807, 2.05) is 0 Å². The molecule has 0 aromatic rings. The van der Waals surface area contributed by atoms with Crippen LogP contribution in [-0.2, 0) is 0 Å². The first kappa shape index (κ1) is 11.5. The van der Waals surface area contributed by atoms with E-state index in [2.05, 4.69) is 6.92 Å². The molecule has 2 aliphatic heterocycles. The smallest absolute Gasteiger partial charge is 0.0861 e. The summed E-state index contributed by atoms with van der Waals surface area (Å²) in [6.07, 6.45) is 8.94. The van der Waals surface area contributed by atoms with E-state index in [4.69, 9.17) is 0 Å². The molecule has 1 unspecified atom stereocenters. The molecule has 2 saturated heterocycles. The minimum Gasteiger partial charge on any atom is -1.00 e. The zero-order valence-electron chi connectivity index (χ0n) is 8.77. The van der Waals surface area contributed by atoms with Gasteiger partial charge in [-0.2, -0.15) is 0 Å². The molecule has 0 N–H and O–H groups in total. The topological polar surface area (TPSA) is 0 Å². The molecule has 0 bridgehead atoms. The number of quaternary nitrogens is 1. The molecular weight excluding hydrogens is 226 g/mol. The number of nitrogens with zero attached hydrogens (tertiary/aromatic N) is 1. The summed E-state index contributed by atoms with van der Waals surface area (Å²) in [5.74, 6) is 0. The van der Waals surface area contributed by atoms with Gasteiger partial charge in [-0.05, 0) is 32.6 Å². The van der Waals surface area contributed by atoms with Crippen molar-refractivity contribution in [2.45, 2.75) is 51.5 Å². The second kappa shape index (κ2) is 4.79. The Balaban J connectivity index is 0.000000845. The zero-order chi connectivity index (χ0) is 8.44. The van der Waals surface area contributed by atoms with E-state index in [1.54, 1.807) is 0 Å². The van der Waals surface area contributed by atoms with E-state index < -0.39 is 0 Å². The first-order chi connectivity index (χ1) is 5.83. The van der Waals surface area contributed by atoms with Crippen molar-refractivity contribution in [1.29, 1.82) is 0 Å². The summed E-state index contributed by atoms with van der Waals surface area (Å²) in [5.41, 5.74) is 0. The fourth-order valence-electron chi connectivity index (χ4n) is 3.17. The van der Waals surface area contributed by atoms with Crippen molar-refractivity contribution < 1.29 is 21.5 Å². The molecule has 2 heterocycles. The first-order valence-electron chi connectivity index (χ1n) is 5.69. The quantitative estimate of drug-likeness (QED) is 0.510. The highest BCUT2D eigenvalue weighted by atomic mass is 79.9. The van der Waals surface area contributed by atoms with Gasteiger partial charge in [-0.25, -0.2) is 0 Å². The maximum Gasteiger partial charge on any atom is 0.0861 e. The van der Waals surface area contributed by atoms with Crippen LogP contribution in [0.1, 0.15) is 45.4 Å². The van der Waals surface area contributed by atoms with Crippen LogP contribution in [0.3, 0.4) is 0 Å². The van der Waals surface area contributed by atoms with E-state index in [0.717, 1.165) is 6.04 Å². The van der Waals surface area contributed by atoms with Crippen LogP contribution < -0.4 is 17.0 Å². The lowest BCUT2D eigenvalue weighted by atomic mass is 10.1. The molecule has 0 aliphatic carbocycles. The van der Waals surface area contributed by atoms with Crippen LogP contribution in [0.5, 0.6) is 0 Å². The Hall–Kier alpha value is 0.440. The number of hydrogen-bond donors (Lipinski definition) is 0. The Bertz CT molecular complexity index is 152.